The van der Waals surface area contributed by atoms with Crippen LogP contribution in [0, 0.1) is 0 Å². The summed E-state index contributed by atoms with van der Waals surface area (Å²) >= 11 is 0. The second kappa shape index (κ2) is 6.62. The molecular formula is C15H20N4O5S. The van der Waals surface area contributed by atoms with Crippen LogP contribution in [0.4, 0.5) is 5.69 Å². The Morgan fingerprint density at radius 3 is 2.56 bits per heavy atom. The normalized spacial score (nSPS) is 21.4. The topological polar surface area (TPSA) is 122 Å². The molecule has 0 spiro atoms. The zero-order valence-electron chi connectivity index (χ0n) is 13.8. The molecule has 25 heavy (non-hydrogen) atoms. The summed E-state index contributed by atoms with van der Waals surface area (Å²) in [6, 6.07) is 5.18. The molecule has 2 amide bonds. The second-order valence-corrected chi connectivity index (χ2v) is 7.57. The molecule has 10 heteroatoms. The molecule has 3 N–H and O–H groups in total. The number of amides is 2. The Bertz CT molecular complexity index is 802. The molecule has 136 valence electrons. The lowest BCUT2D eigenvalue weighted by molar-refractivity contribution is -0.136. The molecule has 2 heterocycles. The van der Waals surface area contributed by atoms with E-state index in [0.29, 0.717) is 17.0 Å². The Hall–Kier alpha value is -2.17. The van der Waals surface area contributed by atoms with Crippen molar-refractivity contribution in [2.75, 3.05) is 38.6 Å². The number of fused-ring (bicyclic) bond motifs is 1. The van der Waals surface area contributed by atoms with E-state index in [9.17, 15) is 18.0 Å². The van der Waals surface area contributed by atoms with Crippen LogP contribution < -0.4 is 15.2 Å². The Morgan fingerprint density at radius 2 is 1.96 bits per heavy atom. The zero-order valence-corrected chi connectivity index (χ0v) is 14.6. The fraction of sp³-hybridized carbons (Fsp3) is 0.467. The largest absolute Gasteiger partial charge is 0.497 e. The lowest BCUT2D eigenvalue weighted by Gasteiger charge is -2.36. The minimum Gasteiger partial charge on any atom is -0.497 e. The Balaban J connectivity index is 1.80. The van der Waals surface area contributed by atoms with Crippen LogP contribution in [-0.2, 0) is 19.8 Å². The molecule has 1 unspecified atom stereocenters. The number of carbonyl (C=O) groups excluding carboxylic acids is 2. The van der Waals surface area contributed by atoms with E-state index in [4.69, 9.17) is 9.88 Å². The Morgan fingerprint density at radius 1 is 1.28 bits per heavy atom. The van der Waals surface area contributed by atoms with Gasteiger partial charge in [-0.1, -0.05) is 0 Å². The quantitative estimate of drug-likeness (QED) is 0.743. The van der Waals surface area contributed by atoms with Crippen molar-refractivity contribution < 1.29 is 22.7 Å². The molecule has 1 atom stereocenters. The molecule has 1 aromatic carbocycles. The van der Waals surface area contributed by atoms with Crippen LogP contribution in [0.15, 0.2) is 18.2 Å². The highest BCUT2D eigenvalue weighted by molar-refractivity contribution is 7.86. The van der Waals surface area contributed by atoms with Gasteiger partial charge in [-0.25, -0.2) is 5.14 Å². The van der Waals surface area contributed by atoms with Gasteiger partial charge in [-0.2, -0.15) is 12.7 Å². The fourth-order valence-electron chi connectivity index (χ4n) is 3.17. The van der Waals surface area contributed by atoms with E-state index in [1.165, 1.54) is 7.11 Å². The number of nitrogens with one attached hydrogen (secondary N) is 1. The van der Waals surface area contributed by atoms with Crippen molar-refractivity contribution in [3.8, 4) is 5.75 Å². The number of benzene rings is 1. The first-order valence-corrected chi connectivity index (χ1v) is 9.34. The van der Waals surface area contributed by atoms with E-state index >= 15 is 0 Å². The molecule has 1 fully saturated rings. The Labute approximate surface area is 145 Å². The van der Waals surface area contributed by atoms with Gasteiger partial charge in [-0.05, 0) is 23.8 Å². The molecule has 0 radical (unpaired) electrons. The first-order chi connectivity index (χ1) is 11.8. The van der Waals surface area contributed by atoms with Crippen molar-refractivity contribution in [2.24, 2.45) is 5.14 Å². The van der Waals surface area contributed by atoms with Gasteiger partial charge in [-0.15, -0.1) is 0 Å². The van der Waals surface area contributed by atoms with E-state index in [0.717, 1.165) is 4.31 Å². The number of carbonyl (C=O) groups is 2. The number of ether oxygens (including phenoxy) is 1. The first-order valence-electron chi connectivity index (χ1n) is 7.84. The molecule has 2 aliphatic heterocycles. The van der Waals surface area contributed by atoms with Crippen molar-refractivity contribution in [2.45, 2.75) is 12.3 Å². The summed E-state index contributed by atoms with van der Waals surface area (Å²) in [5.41, 5.74) is 1.30. The van der Waals surface area contributed by atoms with Crippen molar-refractivity contribution >= 4 is 27.7 Å². The summed E-state index contributed by atoms with van der Waals surface area (Å²) < 4.78 is 29.1. The van der Waals surface area contributed by atoms with Crippen LogP contribution in [-0.4, -0.2) is 62.7 Å². The van der Waals surface area contributed by atoms with Crippen LogP contribution in [0.25, 0.3) is 0 Å². The van der Waals surface area contributed by atoms with Gasteiger partial charge in [0.1, 0.15) is 5.75 Å². The van der Waals surface area contributed by atoms with Crippen LogP contribution in [0.3, 0.4) is 0 Å². The van der Waals surface area contributed by atoms with Crippen molar-refractivity contribution in [3.05, 3.63) is 23.8 Å². The van der Waals surface area contributed by atoms with Gasteiger partial charge >= 0.3 is 0 Å². The maximum Gasteiger partial charge on any atom is 0.277 e. The number of hydrogen-bond acceptors (Lipinski definition) is 5. The summed E-state index contributed by atoms with van der Waals surface area (Å²) in [5, 5.41) is 7.87. The Kier molecular flexibility index (Phi) is 4.67. The van der Waals surface area contributed by atoms with Crippen molar-refractivity contribution in [1.82, 2.24) is 9.21 Å². The smallest absolute Gasteiger partial charge is 0.277 e. The number of hydrogen-bond donors (Lipinski definition) is 2. The van der Waals surface area contributed by atoms with Gasteiger partial charge in [0.25, 0.3) is 10.2 Å². The van der Waals surface area contributed by atoms with E-state index in [-0.39, 0.29) is 44.4 Å². The maximum atomic E-state index is 12.9. The minimum absolute atomic E-state index is 0.0500. The molecule has 9 nitrogen and oxygen atoms in total. The molecule has 2 aliphatic rings. The maximum absolute atomic E-state index is 12.9. The molecular weight excluding hydrogens is 348 g/mol. The molecule has 0 bridgehead atoms. The highest BCUT2D eigenvalue weighted by Gasteiger charge is 2.36. The summed E-state index contributed by atoms with van der Waals surface area (Å²) in [4.78, 5) is 26.4. The number of methoxy groups -OCH3 is 1. The third-order valence-corrected chi connectivity index (χ3v) is 5.59. The van der Waals surface area contributed by atoms with Crippen LogP contribution >= 0.6 is 0 Å². The monoisotopic (exact) mass is 368 g/mol. The summed E-state index contributed by atoms with van der Waals surface area (Å²) in [6.45, 7) is 0.780. The van der Waals surface area contributed by atoms with E-state index in [1.54, 1.807) is 23.1 Å². The second-order valence-electron chi connectivity index (χ2n) is 6.03. The van der Waals surface area contributed by atoms with Gasteiger partial charge in [0.05, 0.1) is 13.0 Å². The van der Waals surface area contributed by atoms with Crippen LogP contribution in [0.1, 0.15) is 17.9 Å². The zero-order chi connectivity index (χ0) is 18.2. The lowest BCUT2D eigenvalue weighted by atomic mass is 9.89. The highest BCUT2D eigenvalue weighted by atomic mass is 32.2. The molecule has 1 aromatic rings. The third kappa shape index (κ3) is 3.60. The minimum atomic E-state index is -3.75. The molecule has 0 aromatic heterocycles. The van der Waals surface area contributed by atoms with Gasteiger partial charge < -0.3 is 15.0 Å². The van der Waals surface area contributed by atoms with Gasteiger partial charge in [0.15, 0.2) is 0 Å². The summed E-state index contributed by atoms with van der Waals surface area (Å²) in [7, 11) is -2.22. The fourth-order valence-corrected chi connectivity index (χ4v) is 3.84. The molecule has 0 aliphatic carbocycles. The van der Waals surface area contributed by atoms with E-state index in [1.807, 2.05) is 0 Å². The van der Waals surface area contributed by atoms with Crippen molar-refractivity contribution in [3.63, 3.8) is 0 Å². The first kappa shape index (κ1) is 17.6. The molecule has 0 saturated carbocycles. The summed E-state index contributed by atoms with van der Waals surface area (Å²) in [5.74, 6) is -0.427. The number of anilines is 1. The van der Waals surface area contributed by atoms with Crippen LogP contribution in [0.2, 0.25) is 0 Å². The lowest BCUT2D eigenvalue weighted by Crippen LogP contribution is -2.53. The number of piperazine rings is 1. The SMILES string of the molecule is COc1ccc2c(c1)C(C(=O)N1CCN(S(N)(=O)=O)CC1)CC(=O)N2. The predicted molar refractivity (Wildman–Crippen MR) is 90.2 cm³/mol. The van der Waals surface area contributed by atoms with Gasteiger partial charge in [0.2, 0.25) is 11.8 Å². The van der Waals surface area contributed by atoms with E-state index < -0.39 is 16.1 Å². The predicted octanol–water partition coefficient (Wildman–Crippen LogP) is -0.531. The summed E-state index contributed by atoms with van der Waals surface area (Å²) in [6.07, 6.45) is 0.0500. The van der Waals surface area contributed by atoms with Gasteiger partial charge in [-0.3, -0.25) is 9.59 Å². The number of rotatable bonds is 3. The van der Waals surface area contributed by atoms with Gasteiger partial charge in [0, 0.05) is 38.3 Å². The third-order valence-electron chi connectivity index (χ3n) is 4.51. The van der Waals surface area contributed by atoms with Crippen molar-refractivity contribution in [1.29, 1.82) is 0 Å². The standard InChI is InChI=1S/C15H20N4O5S/c1-24-10-2-3-13-11(8-10)12(9-14(20)17-13)15(21)18-4-6-19(7-5-18)25(16,22)23/h2-3,8,12H,4-7,9H2,1H3,(H,17,20)(H2,16,22,23). The van der Waals surface area contributed by atoms with Crippen LogP contribution in [0.5, 0.6) is 5.75 Å². The van der Waals surface area contributed by atoms with E-state index in [2.05, 4.69) is 5.32 Å². The molecule has 1 saturated heterocycles. The average molecular weight is 368 g/mol. The number of nitrogens with zero attached hydrogens (tertiary/aromatic N) is 2. The average Bonchev–Trinajstić information content (AvgIpc) is 2.59. The number of nitrogens with two attached hydrogens (primary N) is 1. The highest BCUT2D eigenvalue weighted by Crippen LogP contribution is 2.36. The molecule has 3 rings (SSSR count).